The number of aromatic nitrogens is 8. The van der Waals surface area contributed by atoms with Gasteiger partial charge in [0, 0.05) is 36.7 Å². The number of methoxy groups -OCH3 is 2. The number of rotatable bonds is 6. The molecule has 64 heavy (non-hydrogen) atoms. The molecule has 2 aliphatic rings. The number of amides is 2. The van der Waals surface area contributed by atoms with Gasteiger partial charge in [-0.2, -0.15) is 0 Å². The standard InChI is InChI=1S/C22H26N6O4.C22H24N6O4/c2*1-22(2,3)32-21(30)27-10-9-15(11-27)16-18-24-12-25-20(23)28(18)17(26-16)13-5-7-14(8-6-13)19(29)31-4/h5-8,12,15H,9-11H2,1-4H3,(H2,23,24,25);5-9,12H,10-11H2,1-4H3,(H2,23,24,25). The molecule has 6 aromatic rings. The number of hydrogen-bond donors (Lipinski definition) is 2. The van der Waals surface area contributed by atoms with E-state index in [1.807, 2.05) is 47.6 Å². The van der Waals surface area contributed by atoms with Crippen LogP contribution in [0.5, 0.6) is 0 Å². The van der Waals surface area contributed by atoms with Crippen LogP contribution in [0.3, 0.4) is 0 Å². The largest absolute Gasteiger partial charge is 0.465 e. The zero-order valence-electron chi connectivity index (χ0n) is 36.9. The van der Waals surface area contributed by atoms with Crippen LogP contribution in [0.25, 0.3) is 39.6 Å². The highest BCUT2D eigenvalue weighted by Crippen LogP contribution is 2.34. The van der Waals surface area contributed by atoms with Gasteiger partial charge in [-0.05, 0) is 77.8 Å². The van der Waals surface area contributed by atoms with E-state index in [9.17, 15) is 19.2 Å². The van der Waals surface area contributed by atoms with Crippen molar-refractivity contribution >= 4 is 52.9 Å². The summed E-state index contributed by atoms with van der Waals surface area (Å²) in [7, 11) is 2.67. The third-order valence-electron chi connectivity index (χ3n) is 10.2. The predicted molar refractivity (Wildman–Crippen MR) is 235 cm³/mol. The van der Waals surface area contributed by atoms with Crippen molar-refractivity contribution in [3.8, 4) is 22.8 Å². The molecule has 4 N–H and O–H groups in total. The molecule has 20 heteroatoms. The molecule has 1 unspecified atom stereocenters. The van der Waals surface area contributed by atoms with Gasteiger partial charge in [-0.3, -0.25) is 0 Å². The number of benzene rings is 2. The molecule has 0 radical (unpaired) electrons. The lowest BCUT2D eigenvalue weighted by Crippen LogP contribution is -2.35. The molecule has 4 aromatic heterocycles. The average molecular weight is 875 g/mol. The fourth-order valence-electron chi connectivity index (χ4n) is 7.21. The summed E-state index contributed by atoms with van der Waals surface area (Å²) >= 11 is 0. The van der Waals surface area contributed by atoms with Gasteiger partial charge in [-0.25, -0.2) is 57.9 Å². The zero-order valence-corrected chi connectivity index (χ0v) is 36.9. The Hall–Kier alpha value is -7.64. The van der Waals surface area contributed by atoms with Crippen molar-refractivity contribution in [1.82, 2.24) is 48.5 Å². The lowest BCUT2D eigenvalue weighted by Gasteiger charge is -2.24. The molecule has 20 nitrogen and oxygen atoms in total. The first-order valence-corrected chi connectivity index (χ1v) is 20.4. The first-order chi connectivity index (χ1) is 30.3. The molecule has 0 aliphatic carbocycles. The lowest BCUT2D eigenvalue weighted by molar-refractivity contribution is 0.0286. The molecule has 6 heterocycles. The van der Waals surface area contributed by atoms with E-state index < -0.39 is 23.1 Å². The molecule has 0 saturated carbocycles. The van der Waals surface area contributed by atoms with Crippen LogP contribution in [0.15, 0.2) is 67.3 Å². The van der Waals surface area contributed by atoms with Gasteiger partial charge in [0.2, 0.25) is 11.9 Å². The third kappa shape index (κ3) is 9.39. The third-order valence-corrected chi connectivity index (χ3v) is 10.2. The summed E-state index contributed by atoms with van der Waals surface area (Å²) in [6, 6.07) is 13.7. The fourth-order valence-corrected chi connectivity index (χ4v) is 7.21. The van der Waals surface area contributed by atoms with E-state index >= 15 is 0 Å². The van der Waals surface area contributed by atoms with Crippen molar-refractivity contribution in [3.05, 3.63) is 89.8 Å². The first kappa shape index (κ1) is 44.4. The molecule has 0 spiro atoms. The molecule has 1 atom stereocenters. The van der Waals surface area contributed by atoms with Crippen LogP contribution in [0, 0.1) is 0 Å². The van der Waals surface area contributed by atoms with Gasteiger partial charge in [-0.15, -0.1) is 0 Å². The molecule has 334 valence electrons. The number of nitrogen functional groups attached to an aromatic ring is 2. The quantitative estimate of drug-likeness (QED) is 0.151. The van der Waals surface area contributed by atoms with Crippen molar-refractivity contribution < 1.29 is 38.1 Å². The van der Waals surface area contributed by atoms with Gasteiger partial charge < -0.3 is 40.2 Å². The Kier molecular flexibility index (Phi) is 12.2. The van der Waals surface area contributed by atoms with Crippen molar-refractivity contribution in [1.29, 1.82) is 0 Å². The van der Waals surface area contributed by atoms with Gasteiger partial charge in [0.15, 0.2) is 11.3 Å². The maximum absolute atomic E-state index is 12.5. The van der Waals surface area contributed by atoms with Crippen molar-refractivity contribution in [2.45, 2.75) is 65.1 Å². The number of hydrogen-bond acceptors (Lipinski definition) is 16. The number of likely N-dealkylation sites (tertiary alicyclic amines) is 1. The van der Waals surface area contributed by atoms with E-state index in [0.29, 0.717) is 65.9 Å². The average Bonchev–Trinajstić information content (AvgIpc) is 4.08. The fraction of sp³-hybridized carbons (Fsp3) is 0.364. The zero-order chi connectivity index (χ0) is 46.1. The number of nitrogens with two attached hydrogens (primary N) is 2. The van der Waals surface area contributed by atoms with Gasteiger partial charge >= 0.3 is 24.1 Å². The highest BCUT2D eigenvalue weighted by Gasteiger charge is 2.34. The Bertz CT molecular complexity index is 2740. The summed E-state index contributed by atoms with van der Waals surface area (Å²) in [5.74, 6) is 0.718. The number of esters is 2. The van der Waals surface area contributed by atoms with Gasteiger partial charge in [0.1, 0.15) is 41.2 Å². The van der Waals surface area contributed by atoms with Crippen LogP contribution in [0.2, 0.25) is 0 Å². The summed E-state index contributed by atoms with van der Waals surface area (Å²) < 4.78 is 23.8. The topological polar surface area (TPSA) is 250 Å². The van der Waals surface area contributed by atoms with Crippen LogP contribution >= 0.6 is 0 Å². The van der Waals surface area contributed by atoms with Crippen molar-refractivity contribution in [3.63, 3.8) is 0 Å². The van der Waals surface area contributed by atoms with Crippen molar-refractivity contribution in [2.75, 3.05) is 51.9 Å². The Morgan fingerprint density at radius 3 is 1.66 bits per heavy atom. The Morgan fingerprint density at radius 2 is 1.14 bits per heavy atom. The minimum atomic E-state index is -0.577. The maximum atomic E-state index is 12.5. The molecular weight excluding hydrogens is 825 g/mol. The summed E-state index contributed by atoms with van der Waals surface area (Å²) in [5, 5.41) is 0. The van der Waals surface area contributed by atoms with Crippen LogP contribution in [0.1, 0.15) is 86.0 Å². The summed E-state index contributed by atoms with van der Waals surface area (Å²) in [6.45, 7) is 12.8. The second kappa shape index (κ2) is 17.6. The molecule has 2 aromatic carbocycles. The second-order valence-electron chi connectivity index (χ2n) is 17.0. The smallest absolute Gasteiger partial charge is 0.410 e. The highest BCUT2D eigenvalue weighted by molar-refractivity contribution is 5.91. The lowest BCUT2D eigenvalue weighted by atomic mass is 10.1. The van der Waals surface area contributed by atoms with E-state index in [0.717, 1.165) is 28.8 Å². The maximum Gasteiger partial charge on any atom is 0.410 e. The summed E-state index contributed by atoms with van der Waals surface area (Å²) in [6.07, 6.45) is 4.71. The summed E-state index contributed by atoms with van der Waals surface area (Å²) in [4.78, 5) is 78.4. The van der Waals surface area contributed by atoms with E-state index in [1.54, 1.807) is 67.1 Å². The molecule has 1 fully saturated rings. The van der Waals surface area contributed by atoms with Crippen molar-refractivity contribution in [2.24, 2.45) is 0 Å². The van der Waals surface area contributed by atoms with E-state index in [4.69, 9.17) is 40.4 Å². The number of anilines is 2. The number of ether oxygens (including phenoxy) is 4. The van der Waals surface area contributed by atoms with Crippen LogP contribution in [-0.4, -0.2) is 124 Å². The van der Waals surface area contributed by atoms with Crippen LogP contribution in [0.4, 0.5) is 21.5 Å². The van der Waals surface area contributed by atoms with Crippen LogP contribution in [-0.2, 0) is 18.9 Å². The second-order valence-corrected chi connectivity index (χ2v) is 17.0. The number of imidazole rings is 2. The minimum Gasteiger partial charge on any atom is -0.465 e. The van der Waals surface area contributed by atoms with E-state index in [-0.39, 0.29) is 30.0 Å². The highest BCUT2D eigenvalue weighted by atomic mass is 16.6. The molecule has 2 amide bonds. The predicted octanol–water partition coefficient (Wildman–Crippen LogP) is 5.68. The number of carbonyl (C=O) groups is 4. The molecule has 0 bridgehead atoms. The monoisotopic (exact) mass is 874 g/mol. The summed E-state index contributed by atoms with van der Waals surface area (Å²) in [5.41, 5.74) is 16.8. The Balaban J connectivity index is 0.000000191. The SMILES string of the molecule is COC(=O)c1ccc(-c2nc(C3=CCN(C(=O)OC(C)(C)C)C3)c3ncnc(N)n23)cc1.COC(=O)c1ccc(-c2nc(C3CCN(C(=O)OC(C)(C)C)C3)c3ncnc(N)n23)cc1. The van der Waals surface area contributed by atoms with E-state index in [2.05, 4.69) is 19.9 Å². The molecule has 1 saturated heterocycles. The Morgan fingerprint density at radius 1 is 0.656 bits per heavy atom. The van der Waals surface area contributed by atoms with Gasteiger partial charge in [0.05, 0.1) is 37.6 Å². The molecule has 2 aliphatic heterocycles. The molecular formula is C44H50N12O8. The Labute approximate surface area is 368 Å². The van der Waals surface area contributed by atoms with Crippen LogP contribution < -0.4 is 11.5 Å². The van der Waals surface area contributed by atoms with E-state index in [1.165, 1.54) is 26.9 Å². The minimum absolute atomic E-state index is 0.0186. The first-order valence-electron chi connectivity index (χ1n) is 20.4. The number of fused-ring (bicyclic) bond motifs is 2. The molecule has 8 rings (SSSR count). The van der Waals surface area contributed by atoms with Gasteiger partial charge in [-0.1, -0.05) is 30.3 Å². The normalized spacial score (nSPS) is 15.1. The number of carbonyl (C=O) groups excluding carboxylic acids is 4. The van der Waals surface area contributed by atoms with Gasteiger partial charge in [0.25, 0.3) is 0 Å². The number of nitrogens with zero attached hydrogens (tertiary/aromatic N) is 10.